The summed E-state index contributed by atoms with van der Waals surface area (Å²) in [5.41, 5.74) is 2.31. The van der Waals surface area contributed by atoms with E-state index < -0.39 is 23.9 Å². The maximum atomic E-state index is 12.9. The molecule has 1 aromatic carbocycles. The molecule has 0 radical (unpaired) electrons. The molecular weight excluding hydrogens is 368 g/mol. The third-order valence-corrected chi connectivity index (χ3v) is 5.86. The molecule has 0 spiro atoms. The molecule has 4 heterocycles. The number of amides is 1. The van der Waals surface area contributed by atoms with Gasteiger partial charge in [-0.15, -0.1) is 0 Å². The number of carbonyl (C=O) groups excluding carboxylic acids is 1. The van der Waals surface area contributed by atoms with Crippen molar-refractivity contribution in [2.45, 2.75) is 25.0 Å². The fourth-order valence-electron chi connectivity index (χ4n) is 4.55. The van der Waals surface area contributed by atoms with E-state index in [0.717, 1.165) is 18.8 Å². The Hall–Kier alpha value is -2.72. The van der Waals surface area contributed by atoms with Gasteiger partial charge in [0.25, 0.3) is 0 Å². The average Bonchev–Trinajstić information content (AvgIpc) is 3.44. The summed E-state index contributed by atoms with van der Waals surface area (Å²) in [6.45, 7) is 2.73. The summed E-state index contributed by atoms with van der Waals surface area (Å²) >= 11 is 0. The zero-order chi connectivity index (χ0) is 19.3. The number of rotatable bonds is 4. The number of anilines is 2. The van der Waals surface area contributed by atoms with E-state index in [1.165, 1.54) is 0 Å². The van der Waals surface area contributed by atoms with Gasteiger partial charge in [0, 0.05) is 13.1 Å². The number of benzene rings is 1. The molecule has 3 saturated heterocycles. The Kier molecular flexibility index (Phi) is 4.17. The van der Waals surface area contributed by atoms with Crippen molar-refractivity contribution in [3.8, 4) is 0 Å². The summed E-state index contributed by atoms with van der Waals surface area (Å²) in [4.78, 5) is 26.7. The number of carbonyl (C=O) groups is 2. The lowest BCUT2D eigenvalue weighted by atomic mass is 9.78. The number of nitrogens with one attached hydrogen (secondary N) is 1. The highest BCUT2D eigenvalue weighted by Gasteiger charge is 2.55. The second kappa shape index (κ2) is 6.71. The molecule has 148 valence electrons. The molecule has 2 aromatic rings. The van der Waals surface area contributed by atoms with Gasteiger partial charge in [-0.25, -0.2) is 4.63 Å². The van der Waals surface area contributed by atoms with E-state index in [1.54, 1.807) is 6.07 Å². The topological polar surface area (TPSA) is 127 Å². The third-order valence-electron chi connectivity index (χ3n) is 5.86. The minimum atomic E-state index is -0.997. The highest BCUT2D eigenvalue weighted by atomic mass is 16.6. The Bertz CT molecular complexity index is 924. The summed E-state index contributed by atoms with van der Waals surface area (Å²) < 4.78 is 16.0. The number of morpholine rings is 1. The molecule has 28 heavy (non-hydrogen) atoms. The van der Waals surface area contributed by atoms with Crippen LogP contribution in [0.15, 0.2) is 16.8 Å². The molecule has 0 aliphatic carbocycles. The molecule has 2 bridgehead atoms. The smallest absolute Gasteiger partial charge is 0.310 e. The van der Waals surface area contributed by atoms with Crippen LogP contribution in [0, 0.1) is 11.8 Å². The zero-order valence-electron chi connectivity index (χ0n) is 15.0. The van der Waals surface area contributed by atoms with Crippen molar-refractivity contribution in [2.75, 3.05) is 36.5 Å². The normalized spacial score (nSPS) is 29.4. The monoisotopic (exact) mass is 388 g/mol. The summed E-state index contributed by atoms with van der Waals surface area (Å²) in [6.07, 6.45) is 0.626. The number of fused-ring (bicyclic) bond motifs is 3. The molecule has 5 rings (SSSR count). The summed E-state index contributed by atoms with van der Waals surface area (Å²) in [5.74, 6) is -2.91. The molecule has 4 atom stereocenters. The van der Waals surface area contributed by atoms with Crippen LogP contribution in [0.25, 0.3) is 11.0 Å². The van der Waals surface area contributed by atoms with Gasteiger partial charge in [0.05, 0.1) is 48.6 Å². The van der Waals surface area contributed by atoms with Crippen molar-refractivity contribution < 1.29 is 28.8 Å². The van der Waals surface area contributed by atoms with Crippen LogP contribution in [0.5, 0.6) is 0 Å². The minimum absolute atomic E-state index is 0.357. The van der Waals surface area contributed by atoms with Gasteiger partial charge in [0.1, 0.15) is 0 Å². The summed E-state index contributed by atoms with van der Waals surface area (Å²) in [7, 11) is 0. The van der Waals surface area contributed by atoms with E-state index in [1.807, 2.05) is 6.07 Å². The number of carboxylic acid groups (broad SMARTS) is 1. The number of aromatic nitrogens is 2. The first-order chi connectivity index (χ1) is 13.6. The lowest BCUT2D eigenvalue weighted by Crippen LogP contribution is -2.41. The Balaban J connectivity index is 1.42. The second-order valence-electron chi connectivity index (χ2n) is 7.36. The first-order valence-corrected chi connectivity index (χ1v) is 9.40. The molecule has 0 unspecified atom stereocenters. The quantitative estimate of drug-likeness (QED) is 0.784. The van der Waals surface area contributed by atoms with Gasteiger partial charge in [-0.05, 0) is 35.3 Å². The fraction of sp³-hybridized carbons (Fsp3) is 0.556. The van der Waals surface area contributed by atoms with E-state index in [-0.39, 0.29) is 12.0 Å². The fourth-order valence-corrected chi connectivity index (χ4v) is 4.55. The molecule has 3 fully saturated rings. The molecule has 0 saturated carbocycles. The molecule has 1 amide bonds. The van der Waals surface area contributed by atoms with E-state index in [4.69, 9.17) is 14.1 Å². The van der Waals surface area contributed by atoms with Crippen molar-refractivity contribution in [3.63, 3.8) is 0 Å². The van der Waals surface area contributed by atoms with Gasteiger partial charge >= 0.3 is 5.97 Å². The molecule has 2 N–H and O–H groups in total. The Morgan fingerprint density at radius 1 is 1.07 bits per heavy atom. The predicted octanol–water partition coefficient (Wildman–Crippen LogP) is 0.876. The molecular formula is C18H20N4O6. The van der Waals surface area contributed by atoms with Crippen molar-refractivity contribution in [2.24, 2.45) is 11.8 Å². The van der Waals surface area contributed by atoms with Gasteiger partial charge in [-0.3, -0.25) is 9.59 Å². The lowest BCUT2D eigenvalue weighted by molar-refractivity contribution is -0.147. The van der Waals surface area contributed by atoms with Crippen molar-refractivity contribution in [1.82, 2.24) is 10.3 Å². The van der Waals surface area contributed by atoms with Crippen molar-refractivity contribution in [1.29, 1.82) is 0 Å². The zero-order valence-corrected chi connectivity index (χ0v) is 15.0. The molecule has 3 aliphatic rings. The number of carboxylic acids is 1. The Morgan fingerprint density at radius 3 is 2.54 bits per heavy atom. The van der Waals surface area contributed by atoms with Crippen LogP contribution < -0.4 is 10.2 Å². The highest BCUT2D eigenvalue weighted by molar-refractivity contribution is 6.04. The summed E-state index contributed by atoms with van der Waals surface area (Å²) in [6, 6.07) is 3.61. The van der Waals surface area contributed by atoms with Crippen LogP contribution >= 0.6 is 0 Å². The Labute approximate surface area is 159 Å². The van der Waals surface area contributed by atoms with E-state index in [2.05, 4.69) is 20.5 Å². The van der Waals surface area contributed by atoms with Gasteiger partial charge in [-0.2, -0.15) is 0 Å². The van der Waals surface area contributed by atoms with Gasteiger partial charge < -0.3 is 24.8 Å². The highest BCUT2D eigenvalue weighted by Crippen LogP contribution is 2.44. The maximum Gasteiger partial charge on any atom is 0.310 e. The second-order valence-corrected chi connectivity index (χ2v) is 7.36. The standard InChI is InChI=1S/C18H20N4O6/c23-17(13-11-3-4-12(27-11)14(13)18(24)25)19-9-1-2-10(16-15(9)20-28-21-16)22-5-7-26-8-6-22/h1-2,11-14H,3-8H2,(H,19,23)(H,24,25)/t11-,12-,13+,14+/m1/s1. The number of hydrogen-bond donors (Lipinski definition) is 2. The number of aliphatic carboxylic acids is 1. The molecule has 10 nitrogen and oxygen atoms in total. The number of ether oxygens (including phenoxy) is 2. The van der Waals surface area contributed by atoms with Gasteiger partial charge in [-0.1, -0.05) is 0 Å². The molecule has 1 aromatic heterocycles. The van der Waals surface area contributed by atoms with E-state index in [0.29, 0.717) is 42.8 Å². The first kappa shape index (κ1) is 17.4. The van der Waals surface area contributed by atoms with Crippen molar-refractivity contribution >= 4 is 34.3 Å². The largest absolute Gasteiger partial charge is 0.481 e. The minimum Gasteiger partial charge on any atom is -0.481 e. The average molecular weight is 388 g/mol. The van der Waals surface area contributed by atoms with Crippen LogP contribution in [0.4, 0.5) is 11.4 Å². The van der Waals surface area contributed by atoms with Crippen LogP contribution in [-0.4, -0.2) is 65.8 Å². The first-order valence-electron chi connectivity index (χ1n) is 9.40. The van der Waals surface area contributed by atoms with Crippen LogP contribution in [0.3, 0.4) is 0 Å². The third kappa shape index (κ3) is 2.71. The summed E-state index contributed by atoms with van der Waals surface area (Å²) in [5, 5.41) is 20.3. The molecule has 3 aliphatic heterocycles. The number of hydrogen-bond acceptors (Lipinski definition) is 8. The number of nitrogens with zero attached hydrogens (tertiary/aromatic N) is 3. The maximum absolute atomic E-state index is 12.9. The van der Waals surface area contributed by atoms with Gasteiger partial charge in [0.2, 0.25) is 5.91 Å². The molecule has 10 heteroatoms. The van der Waals surface area contributed by atoms with E-state index >= 15 is 0 Å². The predicted molar refractivity (Wildman–Crippen MR) is 96.0 cm³/mol. The van der Waals surface area contributed by atoms with E-state index in [9.17, 15) is 14.7 Å². The van der Waals surface area contributed by atoms with Gasteiger partial charge in [0.15, 0.2) is 11.0 Å². The van der Waals surface area contributed by atoms with Crippen molar-refractivity contribution in [3.05, 3.63) is 12.1 Å². The van der Waals surface area contributed by atoms with Crippen LogP contribution in [0.2, 0.25) is 0 Å². The SMILES string of the molecule is O=C(O)[C@@H]1[C@@H](C(=O)Nc2ccc(N3CCOCC3)c3nonc23)[C@H]2CC[C@H]1O2. The lowest BCUT2D eigenvalue weighted by Gasteiger charge is -2.29. The van der Waals surface area contributed by atoms with Crippen LogP contribution in [0.1, 0.15) is 12.8 Å². The van der Waals surface area contributed by atoms with Crippen LogP contribution in [-0.2, 0) is 19.1 Å². The Morgan fingerprint density at radius 2 is 1.79 bits per heavy atom.